The maximum atomic E-state index is 13.3. The number of hydrogen-bond donors (Lipinski definition) is 1. The van der Waals surface area contributed by atoms with Gasteiger partial charge >= 0.3 is 0 Å². The Morgan fingerprint density at radius 3 is 2.41 bits per heavy atom. The third-order valence-electron chi connectivity index (χ3n) is 5.55. The summed E-state index contributed by atoms with van der Waals surface area (Å²) in [4.78, 5) is 29.8. The topological polar surface area (TPSA) is 60.9 Å². The highest BCUT2D eigenvalue weighted by Crippen LogP contribution is 2.34. The van der Waals surface area contributed by atoms with Crippen molar-refractivity contribution in [3.63, 3.8) is 0 Å². The van der Waals surface area contributed by atoms with Crippen LogP contribution in [0.5, 0.6) is 0 Å². The highest BCUT2D eigenvalue weighted by atomic mass is 19.1. The molecule has 0 bridgehead atoms. The molecule has 29 heavy (non-hydrogen) atoms. The Hall–Kier alpha value is -2.99. The van der Waals surface area contributed by atoms with Crippen molar-refractivity contribution in [2.45, 2.75) is 19.4 Å². The van der Waals surface area contributed by atoms with E-state index in [4.69, 9.17) is 0 Å². The zero-order valence-electron chi connectivity index (χ0n) is 16.1. The molecule has 2 aromatic rings. The van der Waals surface area contributed by atoms with Crippen molar-refractivity contribution < 1.29 is 19.1 Å². The number of imide groups is 1. The van der Waals surface area contributed by atoms with Crippen molar-refractivity contribution in [1.82, 2.24) is 9.80 Å². The Bertz CT molecular complexity index is 940. The fraction of sp³-hybridized carbons (Fsp3) is 0.304. The Labute approximate surface area is 169 Å². The van der Waals surface area contributed by atoms with Gasteiger partial charge in [-0.25, -0.2) is 4.39 Å². The Morgan fingerprint density at radius 1 is 1.00 bits per heavy atom. The van der Waals surface area contributed by atoms with E-state index >= 15 is 0 Å². The first-order valence-electron chi connectivity index (χ1n) is 9.84. The lowest BCUT2D eigenvalue weighted by molar-refractivity contribution is -0.138. The van der Waals surface area contributed by atoms with E-state index in [1.165, 1.54) is 17.0 Å². The molecular formula is C23H23FN2O3. The van der Waals surface area contributed by atoms with Gasteiger partial charge in [0.2, 0.25) is 0 Å². The number of aliphatic hydroxyl groups is 1. The number of aliphatic hydroxyl groups excluding tert-OH is 1. The first kappa shape index (κ1) is 19.3. The van der Waals surface area contributed by atoms with Crippen molar-refractivity contribution in [3.05, 3.63) is 77.2 Å². The summed E-state index contributed by atoms with van der Waals surface area (Å²) < 4.78 is 13.2. The molecule has 0 aliphatic carbocycles. The van der Waals surface area contributed by atoms with Crippen molar-refractivity contribution in [1.29, 1.82) is 0 Å². The van der Waals surface area contributed by atoms with Crippen LogP contribution in [0.25, 0.3) is 5.57 Å². The molecule has 1 N–H and O–H groups in total. The number of likely N-dealkylation sites (tertiary alicyclic amines) is 1. The minimum absolute atomic E-state index is 0.0614. The van der Waals surface area contributed by atoms with Crippen LogP contribution in [0.2, 0.25) is 0 Å². The molecule has 150 valence electrons. The number of benzene rings is 2. The molecule has 1 atom stereocenters. The lowest BCUT2D eigenvalue weighted by atomic mass is 9.97. The number of halogens is 1. The molecule has 0 spiro atoms. The van der Waals surface area contributed by atoms with Crippen LogP contribution in [0.4, 0.5) is 4.39 Å². The summed E-state index contributed by atoms with van der Waals surface area (Å²) >= 11 is 0. The van der Waals surface area contributed by atoms with Crippen LogP contribution in [0.3, 0.4) is 0 Å². The fourth-order valence-electron chi connectivity index (χ4n) is 4.05. The van der Waals surface area contributed by atoms with E-state index in [0.29, 0.717) is 35.5 Å². The second-order valence-electron chi connectivity index (χ2n) is 7.55. The Morgan fingerprint density at radius 2 is 1.72 bits per heavy atom. The number of rotatable bonds is 5. The second-order valence-corrected chi connectivity index (χ2v) is 7.55. The molecule has 2 heterocycles. The number of amides is 2. The number of carbonyl (C=O) groups excluding carboxylic acids is 2. The van der Waals surface area contributed by atoms with E-state index in [0.717, 1.165) is 12.8 Å². The Kier molecular flexibility index (Phi) is 5.45. The van der Waals surface area contributed by atoms with Crippen molar-refractivity contribution >= 4 is 17.4 Å². The van der Waals surface area contributed by atoms with Gasteiger partial charge in [-0.3, -0.25) is 14.5 Å². The number of hydrogen-bond acceptors (Lipinski definition) is 4. The SMILES string of the molecule is O=C1C(c2ccccc2)=C(N2CCCC(CO)C2)C(=O)N1Cc1ccc(F)cc1. The van der Waals surface area contributed by atoms with E-state index in [9.17, 15) is 19.1 Å². The molecule has 6 heteroatoms. The third kappa shape index (κ3) is 3.80. The first-order valence-corrected chi connectivity index (χ1v) is 9.84. The standard InChI is InChI=1S/C23H23FN2O3/c24-19-10-8-16(9-11-19)14-26-22(28)20(18-6-2-1-3-7-18)21(23(26)29)25-12-4-5-17(13-25)15-27/h1-3,6-11,17,27H,4-5,12-15H2. The molecule has 0 saturated carbocycles. The summed E-state index contributed by atoms with van der Waals surface area (Å²) in [6, 6.07) is 15.0. The van der Waals surface area contributed by atoms with Crippen LogP contribution in [0, 0.1) is 11.7 Å². The number of carbonyl (C=O) groups is 2. The molecule has 2 amide bonds. The lowest BCUT2D eigenvalue weighted by Gasteiger charge is -2.34. The average Bonchev–Trinajstić information content (AvgIpc) is 3.00. The summed E-state index contributed by atoms with van der Waals surface area (Å²) in [5, 5.41) is 9.59. The van der Waals surface area contributed by atoms with Gasteiger partial charge in [-0.15, -0.1) is 0 Å². The molecule has 4 rings (SSSR count). The molecule has 1 saturated heterocycles. The molecular weight excluding hydrogens is 371 g/mol. The van der Waals surface area contributed by atoms with E-state index in [-0.39, 0.29) is 36.7 Å². The maximum absolute atomic E-state index is 13.3. The van der Waals surface area contributed by atoms with E-state index in [2.05, 4.69) is 0 Å². The highest BCUT2D eigenvalue weighted by Gasteiger charge is 2.42. The van der Waals surface area contributed by atoms with Crippen LogP contribution in [-0.4, -0.2) is 46.4 Å². The number of nitrogens with zero attached hydrogens (tertiary/aromatic N) is 2. The number of piperidine rings is 1. The van der Waals surface area contributed by atoms with Gasteiger partial charge in [0.15, 0.2) is 0 Å². The predicted octanol–water partition coefficient (Wildman–Crippen LogP) is 2.81. The van der Waals surface area contributed by atoms with Crippen LogP contribution in [0.1, 0.15) is 24.0 Å². The maximum Gasteiger partial charge on any atom is 0.278 e. The first-order chi connectivity index (χ1) is 14.1. The minimum atomic E-state index is -0.361. The summed E-state index contributed by atoms with van der Waals surface area (Å²) in [7, 11) is 0. The summed E-state index contributed by atoms with van der Waals surface area (Å²) in [6.07, 6.45) is 1.76. The van der Waals surface area contributed by atoms with E-state index < -0.39 is 0 Å². The van der Waals surface area contributed by atoms with Gasteiger partial charge in [0.1, 0.15) is 11.5 Å². The molecule has 2 aliphatic rings. The summed E-state index contributed by atoms with van der Waals surface area (Å²) in [5.41, 5.74) is 2.19. The quantitative estimate of drug-likeness (QED) is 0.793. The predicted molar refractivity (Wildman–Crippen MR) is 107 cm³/mol. The van der Waals surface area contributed by atoms with Crippen LogP contribution in [0.15, 0.2) is 60.3 Å². The largest absolute Gasteiger partial charge is 0.396 e. The molecule has 5 nitrogen and oxygen atoms in total. The summed E-state index contributed by atoms with van der Waals surface area (Å²) in [5.74, 6) is -0.953. The normalized spacial score (nSPS) is 20.0. The monoisotopic (exact) mass is 394 g/mol. The zero-order valence-corrected chi connectivity index (χ0v) is 16.1. The van der Waals surface area contributed by atoms with Gasteiger partial charge in [-0.05, 0) is 42.0 Å². The van der Waals surface area contributed by atoms with E-state index in [1.54, 1.807) is 12.1 Å². The second kappa shape index (κ2) is 8.17. The molecule has 2 aliphatic heterocycles. The smallest absolute Gasteiger partial charge is 0.278 e. The fourth-order valence-corrected chi connectivity index (χ4v) is 4.05. The zero-order chi connectivity index (χ0) is 20.4. The average molecular weight is 394 g/mol. The third-order valence-corrected chi connectivity index (χ3v) is 5.55. The van der Waals surface area contributed by atoms with Gasteiger partial charge in [0.25, 0.3) is 11.8 Å². The minimum Gasteiger partial charge on any atom is -0.396 e. The van der Waals surface area contributed by atoms with Crippen LogP contribution >= 0.6 is 0 Å². The molecule has 0 aromatic heterocycles. The Balaban J connectivity index is 1.71. The molecule has 2 aromatic carbocycles. The molecule has 0 radical (unpaired) electrons. The van der Waals surface area contributed by atoms with Crippen molar-refractivity contribution in [3.8, 4) is 0 Å². The van der Waals surface area contributed by atoms with Crippen LogP contribution < -0.4 is 0 Å². The summed E-state index contributed by atoms with van der Waals surface area (Å²) in [6.45, 7) is 1.37. The lowest BCUT2D eigenvalue weighted by Crippen LogP contribution is -2.40. The van der Waals surface area contributed by atoms with Gasteiger partial charge in [-0.2, -0.15) is 0 Å². The van der Waals surface area contributed by atoms with Gasteiger partial charge in [-0.1, -0.05) is 42.5 Å². The van der Waals surface area contributed by atoms with Gasteiger partial charge in [0, 0.05) is 19.7 Å². The molecule has 1 fully saturated rings. The van der Waals surface area contributed by atoms with E-state index in [1.807, 2.05) is 35.2 Å². The van der Waals surface area contributed by atoms with Gasteiger partial charge in [0.05, 0.1) is 12.1 Å². The molecule has 1 unspecified atom stereocenters. The van der Waals surface area contributed by atoms with Gasteiger partial charge < -0.3 is 10.0 Å². The van der Waals surface area contributed by atoms with Crippen LogP contribution in [-0.2, 0) is 16.1 Å². The highest BCUT2D eigenvalue weighted by molar-refractivity contribution is 6.35. The van der Waals surface area contributed by atoms with Crippen molar-refractivity contribution in [2.24, 2.45) is 5.92 Å². The van der Waals surface area contributed by atoms with Crippen molar-refractivity contribution in [2.75, 3.05) is 19.7 Å².